The number of anilines is 1. The number of aliphatic imine (C=N–C) groups is 1. The van der Waals surface area contributed by atoms with Crippen LogP contribution in [-0.2, 0) is 16.0 Å². The molecular weight excluding hydrogens is 453 g/mol. The van der Waals surface area contributed by atoms with Crippen LogP contribution >= 0.6 is 11.8 Å². The number of nitrogens with one attached hydrogen (secondary N) is 1. The molecule has 0 spiro atoms. The molecule has 6 nitrogen and oxygen atoms in total. The SMILES string of the molecule is COc1ccc(CCN2C(=O)C[C@H](C(=O)Nc3ccccc3)SC2=Nc2ccc(F)cc2)cc1. The lowest BCUT2D eigenvalue weighted by molar-refractivity contribution is -0.129. The van der Waals surface area contributed by atoms with Gasteiger partial charge in [-0.3, -0.25) is 14.5 Å². The number of benzene rings is 3. The van der Waals surface area contributed by atoms with Crippen molar-refractivity contribution < 1.29 is 18.7 Å². The predicted molar refractivity (Wildman–Crippen MR) is 133 cm³/mol. The number of carbonyl (C=O) groups excluding carboxylic acids is 2. The number of nitrogens with zero attached hydrogens (tertiary/aromatic N) is 2. The van der Waals surface area contributed by atoms with Crippen molar-refractivity contribution in [2.45, 2.75) is 18.1 Å². The van der Waals surface area contributed by atoms with Crippen LogP contribution in [0.2, 0.25) is 0 Å². The molecule has 0 unspecified atom stereocenters. The van der Waals surface area contributed by atoms with E-state index in [9.17, 15) is 14.0 Å². The predicted octanol–water partition coefficient (Wildman–Crippen LogP) is 5.04. The number of thioether (sulfide) groups is 1. The van der Waals surface area contributed by atoms with Gasteiger partial charge < -0.3 is 10.1 Å². The molecule has 1 N–H and O–H groups in total. The number of para-hydroxylation sites is 1. The molecule has 1 fully saturated rings. The summed E-state index contributed by atoms with van der Waals surface area (Å²) in [5.41, 5.74) is 2.22. The summed E-state index contributed by atoms with van der Waals surface area (Å²) in [7, 11) is 1.61. The fourth-order valence-electron chi connectivity index (χ4n) is 3.46. The minimum absolute atomic E-state index is 0.0639. The Morgan fingerprint density at radius 3 is 2.47 bits per heavy atom. The number of carbonyl (C=O) groups is 2. The molecule has 0 aliphatic carbocycles. The number of amidine groups is 1. The van der Waals surface area contributed by atoms with E-state index in [1.807, 2.05) is 42.5 Å². The number of ether oxygens (including phenoxy) is 1. The van der Waals surface area contributed by atoms with Gasteiger partial charge in [0.2, 0.25) is 11.8 Å². The number of hydrogen-bond donors (Lipinski definition) is 1. The highest BCUT2D eigenvalue weighted by Gasteiger charge is 2.35. The molecule has 174 valence electrons. The van der Waals surface area contributed by atoms with Gasteiger partial charge in [0.05, 0.1) is 12.8 Å². The molecule has 1 atom stereocenters. The van der Waals surface area contributed by atoms with E-state index >= 15 is 0 Å². The first-order chi connectivity index (χ1) is 16.5. The van der Waals surface area contributed by atoms with E-state index in [-0.39, 0.29) is 24.1 Å². The topological polar surface area (TPSA) is 71.0 Å². The zero-order chi connectivity index (χ0) is 23.9. The number of amides is 2. The van der Waals surface area contributed by atoms with Crippen molar-refractivity contribution in [2.24, 2.45) is 4.99 Å². The normalized spacial score (nSPS) is 17.0. The van der Waals surface area contributed by atoms with Crippen molar-refractivity contribution in [2.75, 3.05) is 19.0 Å². The van der Waals surface area contributed by atoms with E-state index < -0.39 is 5.25 Å². The van der Waals surface area contributed by atoms with Crippen LogP contribution < -0.4 is 10.1 Å². The Balaban J connectivity index is 1.53. The third kappa shape index (κ3) is 6.02. The van der Waals surface area contributed by atoms with Crippen LogP contribution in [0.4, 0.5) is 15.8 Å². The van der Waals surface area contributed by atoms with E-state index in [2.05, 4.69) is 10.3 Å². The minimum Gasteiger partial charge on any atom is -0.497 e. The average Bonchev–Trinajstić information content (AvgIpc) is 2.85. The van der Waals surface area contributed by atoms with Crippen molar-refractivity contribution in [3.8, 4) is 5.75 Å². The Morgan fingerprint density at radius 1 is 1.09 bits per heavy atom. The van der Waals surface area contributed by atoms with Gasteiger partial charge in [-0.1, -0.05) is 42.1 Å². The van der Waals surface area contributed by atoms with Crippen LogP contribution in [-0.4, -0.2) is 40.8 Å². The van der Waals surface area contributed by atoms with Gasteiger partial charge in [-0.2, -0.15) is 0 Å². The molecule has 1 saturated heterocycles. The standard InChI is InChI=1S/C26H24FN3O3S/c1-33-22-13-7-18(8-14-22)15-16-30-24(31)17-23(25(32)28-20-5-3-2-4-6-20)34-26(30)29-21-11-9-19(27)10-12-21/h2-14,23H,15-17H2,1H3,(H,28,32)/t23-/m1/s1. The molecule has 4 rings (SSSR count). The Bertz CT molecular complexity index is 1170. The maximum absolute atomic E-state index is 13.4. The Hall–Kier alpha value is -3.65. The number of halogens is 1. The van der Waals surface area contributed by atoms with Gasteiger partial charge >= 0.3 is 0 Å². The zero-order valence-corrected chi connectivity index (χ0v) is 19.4. The molecular formula is C26H24FN3O3S. The Morgan fingerprint density at radius 2 is 1.79 bits per heavy atom. The van der Waals surface area contributed by atoms with Crippen LogP contribution in [0.1, 0.15) is 12.0 Å². The quantitative estimate of drug-likeness (QED) is 0.518. The highest BCUT2D eigenvalue weighted by molar-refractivity contribution is 8.15. The van der Waals surface area contributed by atoms with Crippen molar-refractivity contribution >= 4 is 40.1 Å². The van der Waals surface area contributed by atoms with Gasteiger partial charge in [-0.05, 0) is 60.5 Å². The molecule has 1 heterocycles. The van der Waals surface area contributed by atoms with Gasteiger partial charge in [-0.25, -0.2) is 9.38 Å². The summed E-state index contributed by atoms with van der Waals surface area (Å²) in [6, 6.07) is 22.5. The Labute approximate surface area is 201 Å². The first-order valence-corrected chi connectivity index (χ1v) is 11.7. The number of methoxy groups -OCH3 is 1. The van der Waals surface area contributed by atoms with Crippen molar-refractivity contribution in [3.63, 3.8) is 0 Å². The summed E-state index contributed by atoms with van der Waals surface area (Å²) >= 11 is 1.24. The van der Waals surface area contributed by atoms with Crippen LogP contribution in [0.5, 0.6) is 5.75 Å². The zero-order valence-electron chi connectivity index (χ0n) is 18.6. The van der Waals surface area contributed by atoms with Gasteiger partial charge in [0.1, 0.15) is 16.8 Å². The lowest BCUT2D eigenvalue weighted by Gasteiger charge is -2.32. The second-order valence-electron chi connectivity index (χ2n) is 7.68. The lowest BCUT2D eigenvalue weighted by Crippen LogP contribution is -2.46. The summed E-state index contributed by atoms with van der Waals surface area (Å²) in [6.07, 6.45) is 0.675. The molecule has 0 saturated carbocycles. The monoisotopic (exact) mass is 477 g/mol. The third-order valence-corrected chi connectivity index (χ3v) is 6.50. The van der Waals surface area contributed by atoms with E-state index in [0.29, 0.717) is 29.5 Å². The summed E-state index contributed by atoms with van der Waals surface area (Å²) in [5, 5.41) is 2.66. The molecule has 34 heavy (non-hydrogen) atoms. The molecule has 2 amide bonds. The maximum atomic E-state index is 13.4. The fourth-order valence-corrected chi connectivity index (χ4v) is 4.59. The summed E-state index contributed by atoms with van der Waals surface area (Å²) in [5.74, 6) is -0.0421. The Kier molecular flexibility index (Phi) is 7.59. The van der Waals surface area contributed by atoms with Gasteiger partial charge in [-0.15, -0.1) is 0 Å². The molecule has 0 radical (unpaired) electrons. The molecule has 0 bridgehead atoms. The highest BCUT2D eigenvalue weighted by atomic mass is 32.2. The second kappa shape index (κ2) is 11.0. The van der Waals surface area contributed by atoms with E-state index in [1.165, 1.54) is 23.9 Å². The van der Waals surface area contributed by atoms with Crippen LogP contribution in [0.15, 0.2) is 83.9 Å². The number of rotatable bonds is 7. The molecule has 3 aromatic carbocycles. The number of hydrogen-bond acceptors (Lipinski definition) is 5. The summed E-state index contributed by atoms with van der Waals surface area (Å²) < 4.78 is 18.6. The maximum Gasteiger partial charge on any atom is 0.238 e. The smallest absolute Gasteiger partial charge is 0.238 e. The molecule has 1 aliphatic rings. The van der Waals surface area contributed by atoms with Crippen LogP contribution in [0.25, 0.3) is 0 Å². The largest absolute Gasteiger partial charge is 0.497 e. The summed E-state index contributed by atoms with van der Waals surface area (Å²) in [4.78, 5) is 32.2. The molecule has 0 aromatic heterocycles. The van der Waals surface area contributed by atoms with Crippen molar-refractivity contribution in [1.82, 2.24) is 4.90 Å². The van der Waals surface area contributed by atoms with E-state index in [0.717, 1.165) is 11.3 Å². The van der Waals surface area contributed by atoms with Crippen molar-refractivity contribution in [1.29, 1.82) is 0 Å². The first-order valence-electron chi connectivity index (χ1n) is 10.8. The average molecular weight is 478 g/mol. The molecule has 3 aromatic rings. The molecule has 1 aliphatic heterocycles. The fraction of sp³-hybridized carbons (Fsp3) is 0.192. The van der Waals surface area contributed by atoms with Gasteiger partial charge in [0.25, 0.3) is 0 Å². The van der Waals surface area contributed by atoms with Crippen LogP contribution in [0.3, 0.4) is 0 Å². The highest BCUT2D eigenvalue weighted by Crippen LogP contribution is 2.30. The minimum atomic E-state index is -0.621. The second-order valence-corrected chi connectivity index (χ2v) is 8.85. The lowest BCUT2D eigenvalue weighted by atomic mass is 10.1. The van der Waals surface area contributed by atoms with E-state index in [4.69, 9.17) is 4.74 Å². The summed E-state index contributed by atoms with van der Waals surface area (Å²) in [6.45, 7) is 0.408. The first kappa shape index (κ1) is 23.5. The van der Waals surface area contributed by atoms with Crippen molar-refractivity contribution in [3.05, 3.63) is 90.2 Å². The van der Waals surface area contributed by atoms with Crippen LogP contribution in [0, 0.1) is 5.82 Å². The molecule has 8 heteroatoms. The van der Waals surface area contributed by atoms with Gasteiger partial charge in [0.15, 0.2) is 5.17 Å². The van der Waals surface area contributed by atoms with E-state index in [1.54, 1.807) is 36.3 Å². The third-order valence-electron chi connectivity index (χ3n) is 5.31. The van der Waals surface area contributed by atoms with Gasteiger partial charge in [0, 0.05) is 18.7 Å².